The van der Waals surface area contributed by atoms with Gasteiger partial charge in [0.05, 0.1) is 6.10 Å². The van der Waals surface area contributed by atoms with Crippen LogP contribution in [0.25, 0.3) is 0 Å². The Labute approximate surface area is 127 Å². The van der Waals surface area contributed by atoms with Gasteiger partial charge in [-0.15, -0.1) is 0 Å². The van der Waals surface area contributed by atoms with Crippen LogP contribution in [0.1, 0.15) is 28.4 Å². The molecule has 0 saturated carbocycles. The summed E-state index contributed by atoms with van der Waals surface area (Å²) < 4.78 is 0.917. The molecule has 0 aliphatic rings. The number of hydrogen-bond donors (Lipinski definition) is 1. The van der Waals surface area contributed by atoms with Gasteiger partial charge < -0.3 is 5.11 Å². The highest BCUT2D eigenvalue weighted by molar-refractivity contribution is 9.10. The zero-order valence-electron chi connectivity index (χ0n) is 11.0. The van der Waals surface area contributed by atoms with Gasteiger partial charge in [-0.1, -0.05) is 51.8 Å². The number of aryl methyl sites for hydroxylation is 2. The minimum Gasteiger partial charge on any atom is -0.388 e. The first-order valence-electron chi connectivity index (χ1n) is 6.17. The van der Waals surface area contributed by atoms with Crippen LogP contribution >= 0.6 is 27.5 Å². The summed E-state index contributed by atoms with van der Waals surface area (Å²) in [7, 11) is 0. The first-order valence-corrected chi connectivity index (χ1v) is 7.34. The quantitative estimate of drug-likeness (QED) is 0.834. The molecule has 2 rings (SSSR count). The van der Waals surface area contributed by atoms with Crippen LogP contribution in [0.3, 0.4) is 0 Å². The molecule has 1 unspecified atom stereocenters. The number of aliphatic hydroxyl groups excluding tert-OH is 1. The van der Waals surface area contributed by atoms with Gasteiger partial charge in [0.25, 0.3) is 0 Å². The van der Waals surface area contributed by atoms with E-state index in [9.17, 15) is 5.11 Å². The summed E-state index contributed by atoms with van der Waals surface area (Å²) in [4.78, 5) is 0. The van der Waals surface area contributed by atoms with Gasteiger partial charge in [0, 0.05) is 15.9 Å². The molecule has 0 heterocycles. The minimum atomic E-state index is -0.583. The van der Waals surface area contributed by atoms with E-state index in [0.29, 0.717) is 11.4 Å². The Morgan fingerprint density at radius 2 is 1.79 bits per heavy atom. The standard InChI is InChI=1S/C16H16BrClO/c1-10-4-3-5-11(2)14(10)9-16(19)13-7-6-12(17)8-15(13)18/h3-8,16,19H,9H2,1-2H3. The summed E-state index contributed by atoms with van der Waals surface area (Å²) in [5.74, 6) is 0. The second-order valence-corrected chi connectivity index (χ2v) is 6.08. The Morgan fingerprint density at radius 3 is 2.37 bits per heavy atom. The van der Waals surface area contributed by atoms with Crippen LogP contribution in [0.2, 0.25) is 5.02 Å². The van der Waals surface area contributed by atoms with Crippen molar-refractivity contribution in [3.63, 3.8) is 0 Å². The van der Waals surface area contributed by atoms with Gasteiger partial charge in [0.2, 0.25) is 0 Å². The lowest BCUT2D eigenvalue weighted by Crippen LogP contribution is -2.05. The van der Waals surface area contributed by atoms with Gasteiger partial charge in [-0.2, -0.15) is 0 Å². The van der Waals surface area contributed by atoms with Crippen molar-refractivity contribution in [1.82, 2.24) is 0 Å². The SMILES string of the molecule is Cc1cccc(C)c1CC(O)c1ccc(Br)cc1Cl. The van der Waals surface area contributed by atoms with Crippen molar-refractivity contribution in [2.45, 2.75) is 26.4 Å². The predicted octanol–water partition coefficient (Wildman–Crippen LogP) is 5.00. The normalized spacial score (nSPS) is 12.5. The maximum atomic E-state index is 10.4. The second kappa shape index (κ2) is 6.08. The second-order valence-electron chi connectivity index (χ2n) is 4.76. The van der Waals surface area contributed by atoms with Crippen LogP contribution < -0.4 is 0 Å². The molecule has 100 valence electrons. The summed E-state index contributed by atoms with van der Waals surface area (Å²) in [5.41, 5.74) is 4.36. The van der Waals surface area contributed by atoms with E-state index in [1.165, 1.54) is 16.7 Å². The molecule has 0 fully saturated rings. The molecule has 2 aromatic carbocycles. The van der Waals surface area contributed by atoms with Crippen molar-refractivity contribution in [2.24, 2.45) is 0 Å². The van der Waals surface area contributed by atoms with Crippen molar-refractivity contribution in [1.29, 1.82) is 0 Å². The largest absolute Gasteiger partial charge is 0.388 e. The lowest BCUT2D eigenvalue weighted by atomic mass is 9.94. The molecule has 0 spiro atoms. The molecule has 0 bridgehead atoms. The molecule has 19 heavy (non-hydrogen) atoms. The van der Waals surface area contributed by atoms with Crippen LogP contribution in [-0.2, 0) is 6.42 Å². The highest BCUT2D eigenvalue weighted by Crippen LogP contribution is 2.29. The number of hydrogen-bond acceptors (Lipinski definition) is 1. The molecule has 0 aliphatic carbocycles. The summed E-state index contributed by atoms with van der Waals surface area (Å²) in [6, 6.07) is 11.7. The van der Waals surface area contributed by atoms with Gasteiger partial charge in [-0.25, -0.2) is 0 Å². The summed E-state index contributed by atoms with van der Waals surface area (Å²) in [6.07, 6.45) is 0.000231. The first kappa shape index (κ1) is 14.6. The average Bonchev–Trinajstić information content (AvgIpc) is 2.33. The van der Waals surface area contributed by atoms with E-state index in [0.717, 1.165) is 10.0 Å². The van der Waals surface area contributed by atoms with E-state index in [1.807, 2.05) is 24.3 Å². The van der Waals surface area contributed by atoms with Crippen molar-refractivity contribution < 1.29 is 5.11 Å². The average molecular weight is 340 g/mol. The molecule has 0 aliphatic heterocycles. The molecule has 0 aromatic heterocycles. The molecule has 0 amide bonds. The Kier molecular flexibility index (Phi) is 4.67. The van der Waals surface area contributed by atoms with E-state index in [1.54, 1.807) is 0 Å². The van der Waals surface area contributed by atoms with Gasteiger partial charge >= 0.3 is 0 Å². The van der Waals surface area contributed by atoms with Crippen molar-refractivity contribution >= 4 is 27.5 Å². The smallest absolute Gasteiger partial charge is 0.0844 e. The van der Waals surface area contributed by atoms with E-state index >= 15 is 0 Å². The molecular formula is C16H16BrClO. The Bertz CT molecular complexity index is 575. The van der Waals surface area contributed by atoms with Crippen LogP contribution in [0, 0.1) is 13.8 Å². The topological polar surface area (TPSA) is 20.2 Å². The molecule has 3 heteroatoms. The van der Waals surface area contributed by atoms with Gasteiger partial charge in [0.1, 0.15) is 0 Å². The van der Waals surface area contributed by atoms with Gasteiger partial charge in [-0.3, -0.25) is 0 Å². The fraction of sp³-hybridized carbons (Fsp3) is 0.250. The molecule has 0 radical (unpaired) electrons. The van der Waals surface area contributed by atoms with Crippen LogP contribution in [-0.4, -0.2) is 5.11 Å². The maximum Gasteiger partial charge on any atom is 0.0844 e. The number of rotatable bonds is 3. The third kappa shape index (κ3) is 3.38. The third-order valence-corrected chi connectivity index (χ3v) is 4.18. The van der Waals surface area contributed by atoms with Crippen LogP contribution in [0.15, 0.2) is 40.9 Å². The predicted molar refractivity (Wildman–Crippen MR) is 83.7 cm³/mol. The van der Waals surface area contributed by atoms with Crippen LogP contribution in [0.5, 0.6) is 0 Å². The first-order chi connectivity index (χ1) is 8.99. The van der Waals surface area contributed by atoms with Crippen molar-refractivity contribution in [3.05, 3.63) is 68.1 Å². The summed E-state index contributed by atoms with van der Waals surface area (Å²) in [6.45, 7) is 4.14. The van der Waals surface area contributed by atoms with Gasteiger partial charge in [-0.05, 0) is 48.2 Å². The highest BCUT2D eigenvalue weighted by atomic mass is 79.9. The molecule has 1 atom stereocenters. The number of aliphatic hydroxyl groups is 1. The molecule has 1 N–H and O–H groups in total. The molecule has 2 aromatic rings. The number of benzene rings is 2. The van der Waals surface area contributed by atoms with Crippen molar-refractivity contribution in [2.75, 3.05) is 0 Å². The maximum absolute atomic E-state index is 10.4. The van der Waals surface area contributed by atoms with E-state index < -0.39 is 6.10 Å². The lowest BCUT2D eigenvalue weighted by molar-refractivity contribution is 0.178. The lowest BCUT2D eigenvalue weighted by Gasteiger charge is -2.16. The molecule has 1 nitrogen and oxygen atoms in total. The summed E-state index contributed by atoms with van der Waals surface area (Å²) in [5, 5.41) is 11.0. The monoisotopic (exact) mass is 338 g/mol. The Hall–Kier alpha value is -0.830. The highest BCUT2D eigenvalue weighted by Gasteiger charge is 2.14. The fourth-order valence-electron chi connectivity index (χ4n) is 2.25. The Morgan fingerprint density at radius 1 is 1.16 bits per heavy atom. The zero-order valence-corrected chi connectivity index (χ0v) is 13.3. The number of halogens is 2. The van der Waals surface area contributed by atoms with Crippen LogP contribution in [0.4, 0.5) is 0 Å². The van der Waals surface area contributed by atoms with E-state index in [2.05, 4.69) is 41.9 Å². The minimum absolute atomic E-state index is 0.583. The Balaban J connectivity index is 2.28. The third-order valence-electron chi connectivity index (χ3n) is 3.36. The van der Waals surface area contributed by atoms with E-state index in [-0.39, 0.29) is 0 Å². The van der Waals surface area contributed by atoms with Crippen molar-refractivity contribution in [3.8, 4) is 0 Å². The fourth-order valence-corrected chi connectivity index (χ4v) is 3.05. The molecule has 0 saturated heterocycles. The van der Waals surface area contributed by atoms with Gasteiger partial charge in [0.15, 0.2) is 0 Å². The molecular weight excluding hydrogens is 324 g/mol. The van der Waals surface area contributed by atoms with E-state index in [4.69, 9.17) is 11.6 Å². The summed E-state index contributed by atoms with van der Waals surface area (Å²) >= 11 is 9.55. The zero-order chi connectivity index (χ0) is 14.0.